The van der Waals surface area contributed by atoms with Crippen molar-refractivity contribution in [3.05, 3.63) is 65.2 Å². The molecular formula is C17H17F2N. The van der Waals surface area contributed by atoms with Gasteiger partial charge in [-0.15, -0.1) is 0 Å². The van der Waals surface area contributed by atoms with Crippen molar-refractivity contribution in [2.24, 2.45) is 0 Å². The zero-order chi connectivity index (χ0) is 14.1. The minimum absolute atomic E-state index is 0.218. The first-order valence-corrected chi connectivity index (χ1v) is 6.90. The maximum atomic E-state index is 13.5. The first-order valence-electron chi connectivity index (χ1n) is 6.90. The number of anilines is 1. The van der Waals surface area contributed by atoms with Gasteiger partial charge in [0.05, 0.1) is 5.69 Å². The van der Waals surface area contributed by atoms with Crippen LogP contribution in [0.2, 0.25) is 0 Å². The van der Waals surface area contributed by atoms with E-state index in [1.807, 2.05) is 6.07 Å². The highest BCUT2D eigenvalue weighted by atomic mass is 19.1. The van der Waals surface area contributed by atoms with Crippen molar-refractivity contribution in [3.8, 4) is 0 Å². The number of benzene rings is 2. The average molecular weight is 273 g/mol. The summed E-state index contributed by atoms with van der Waals surface area (Å²) in [6, 6.07) is 12.1. The summed E-state index contributed by atoms with van der Waals surface area (Å²) in [5.41, 5.74) is 2.93. The maximum absolute atomic E-state index is 13.5. The van der Waals surface area contributed by atoms with Crippen LogP contribution in [0.4, 0.5) is 14.5 Å². The van der Waals surface area contributed by atoms with Gasteiger partial charge in [-0.2, -0.15) is 0 Å². The maximum Gasteiger partial charge on any atom is 0.146 e. The minimum atomic E-state index is -0.413. The van der Waals surface area contributed by atoms with Crippen LogP contribution < -0.4 is 5.32 Å². The first kappa shape index (κ1) is 13.1. The van der Waals surface area contributed by atoms with E-state index < -0.39 is 11.6 Å². The Balaban J connectivity index is 1.64. The number of aryl methyl sites for hydroxylation is 1. The van der Waals surface area contributed by atoms with Crippen LogP contribution in [-0.4, -0.2) is 6.04 Å². The molecule has 0 aromatic heterocycles. The van der Waals surface area contributed by atoms with Crippen LogP contribution in [-0.2, 0) is 0 Å². The lowest BCUT2D eigenvalue weighted by molar-refractivity contribution is 0.371. The highest BCUT2D eigenvalue weighted by molar-refractivity contribution is 5.47. The van der Waals surface area contributed by atoms with E-state index in [4.69, 9.17) is 0 Å². The fraction of sp³-hybridized carbons (Fsp3) is 0.294. The Labute approximate surface area is 117 Å². The molecule has 0 spiro atoms. The summed E-state index contributed by atoms with van der Waals surface area (Å²) in [6.45, 7) is 2.11. The topological polar surface area (TPSA) is 12.0 Å². The van der Waals surface area contributed by atoms with Crippen molar-refractivity contribution in [2.45, 2.75) is 31.7 Å². The summed E-state index contributed by atoms with van der Waals surface area (Å²) in [7, 11) is 0. The second kappa shape index (κ2) is 5.23. The summed E-state index contributed by atoms with van der Waals surface area (Å²) in [5.74, 6) is -0.292. The first-order chi connectivity index (χ1) is 9.63. The molecule has 0 aliphatic heterocycles. The Hall–Kier alpha value is -1.90. The molecule has 2 aromatic carbocycles. The smallest absolute Gasteiger partial charge is 0.146 e. The van der Waals surface area contributed by atoms with Gasteiger partial charge in [-0.25, -0.2) is 8.78 Å². The zero-order valence-electron chi connectivity index (χ0n) is 11.4. The van der Waals surface area contributed by atoms with Crippen molar-refractivity contribution < 1.29 is 8.78 Å². The van der Waals surface area contributed by atoms with Gasteiger partial charge in [-0.1, -0.05) is 24.3 Å². The van der Waals surface area contributed by atoms with Crippen LogP contribution in [0, 0.1) is 18.6 Å². The lowest BCUT2D eigenvalue weighted by Crippen LogP contribution is -2.34. The van der Waals surface area contributed by atoms with Gasteiger partial charge in [0, 0.05) is 6.04 Å². The summed E-state index contributed by atoms with van der Waals surface area (Å²) in [5, 5.41) is 3.09. The van der Waals surface area contributed by atoms with Gasteiger partial charge in [-0.3, -0.25) is 0 Å². The Morgan fingerprint density at radius 3 is 2.55 bits per heavy atom. The normalized spacial score (nSPS) is 21.4. The number of nitrogens with one attached hydrogen (secondary N) is 1. The van der Waals surface area contributed by atoms with Crippen molar-refractivity contribution in [3.63, 3.8) is 0 Å². The fourth-order valence-electron chi connectivity index (χ4n) is 2.86. The molecular weight excluding hydrogens is 256 g/mol. The lowest BCUT2D eigenvalue weighted by Gasteiger charge is -2.37. The molecule has 1 N–H and O–H groups in total. The molecule has 104 valence electrons. The predicted octanol–water partition coefficient (Wildman–Crippen LogP) is 4.63. The third kappa shape index (κ3) is 2.53. The number of hydrogen-bond donors (Lipinski definition) is 1. The van der Waals surface area contributed by atoms with Crippen LogP contribution in [0.3, 0.4) is 0 Å². The minimum Gasteiger partial charge on any atom is -0.380 e. The van der Waals surface area contributed by atoms with E-state index in [0.717, 1.165) is 25.0 Å². The lowest BCUT2D eigenvalue weighted by atomic mass is 9.74. The molecule has 0 bridgehead atoms. The summed E-state index contributed by atoms with van der Waals surface area (Å²) in [4.78, 5) is 0. The van der Waals surface area contributed by atoms with Crippen LogP contribution in [0.15, 0.2) is 42.5 Å². The molecule has 1 fully saturated rings. The third-order valence-electron chi connectivity index (χ3n) is 4.05. The van der Waals surface area contributed by atoms with Gasteiger partial charge in [0.1, 0.15) is 11.6 Å². The SMILES string of the molecule is Cc1ccccc1C1CC(Nc2cc(F)ccc2F)C1. The molecule has 1 aliphatic rings. The van der Waals surface area contributed by atoms with Gasteiger partial charge in [0.15, 0.2) is 0 Å². The number of halogens is 2. The molecule has 0 heterocycles. The van der Waals surface area contributed by atoms with Gasteiger partial charge in [-0.05, 0) is 55.0 Å². The van der Waals surface area contributed by atoms with E-state index in [1.54, 1.807) is 0 Å². The molecule has 1 saturated carbocycles. The van der Waals surface area contributed by atoms with E-state index >= 15 is 0 Å². The highest BCUT2D eigenvalue weighted by Gasteiger charge is 2.31. The van der Waals surface area contributed by atoms with Crippen molar-refractivity contribution in [1.29, 1.82) is 0 Å². The average Bonchev–Trinajstić information content (AvgIpc) is 2.38. The fourth-order valence-corrected chi connectivity index (χ4v) is 2.86. The predicted molar refractivity (Wildman–Crippen MR) is 76.9 cm³/mol. The standard InChI is InChI=1S/C17H17F2N/c1-11-4-2-3-5-15(11)12-8-14(9-12)20-17-10-13(18)6-7-16(17)19/h2-7,10,12,14,20H,8-9H2,1H3. The molecule has 0 radical (unpaired) electrons. The molecule has 0 saturated heterocycles. The van der Waals surface area contributed by atoms with E-state index in [9.17, 15) is 8.78 Å². The van der Waals surface area contributed by atoms with Gasteiger partial charge in [0.2, 0.25) is 0 Å². The van der Waals surface area contributed by atoms with Crippen molar-refractivity contribution in [2.75, 3.05) is 5.32 Å². The highest BCUT2D eigenvalue weighted by Crippen LogP contribution is 2.40. The van der Waals surface area contributed by atoms with Crippen LogP contribution >= 0.6 is 0 Å². The van der Waals surface area contributed by atoms with Crippen molar-refractivity contribution in [1.82, 2.24) is 0 Å². The summed E-state index contributed by atoms with van der Waals surface area (Å²) < 4.78 is 26.7. The Bertz CT molecular complexity index is 618. The molecule has 2 aromatic rings. The molecule has 0 amide bonds. The van der Waals surface area contributed by atoms with Crippen LogP contribution in [0.25, 0.3) is 0 Å². The van der Waals surface area contributed by atoms with Crippen LogP contribution in [0.1, 0.15) is 29.9 Å². The molecule has 3 heteroatoms. The van der Waals surface area contributed by atoms with E-state index in [0.29, 0.717) is 5.92 Å². The van der Waals surface area contributed by atoms with Gasteiger partial charge in [0.25, 0.3) is 0 Å². The summed E-state index contributed by atoms with van der Waals surface area (Å²) >= 11 is 0. The number of rotatable bonds is 3. The molecule has 1 aliphatic carbocycles. The van der Waals surface area contributed by atoms with Crippen molar-refractivity contribution >= 4 is 5.69 Å². The second-order valence-electron chi connectivity index (χ2n) is 5.49. The van der Waals surface area contributed by atoms with Gasteiger partial charge >= 0.3 is 0 Å². The Kier molecular flexibility index (Phi) is 3.43. The molecule has 0 unspecified atom stereocenters. The Morgan fingerprint density at radius 2 is 1.80 bits per heavy atom. The molecule has 1 nitrogen and oxygen atoms in total. The second-order valence-corrected chi connectivity index (χ2v) is 5.49. The van der Waals surface area contributed by atoms with Crippen LogP contribution in [0.5, 0.6) is 0 Å². The van der Waals surface area contributed by atoms with E-state index in [-0.39, 0.29) is 11.7 Å². The Morgan fingerprint density at radius 1 is 1.05 bits per heavy atom. The number of hydrogen-bond acceptors (Lipinski definition) is 1. The molecule has 20 heavy (non-hydrogen) atoms. The summed E-state index contributed by atoms with van der Waals surface area (Å²) in [6.07, 6.45) is 1.92. The third-order valence-corrected chi connectivity index (χ3v) is 4.05. The quantitative estimate of drug-likeness (QED) is 0.859. The largest absolute Gasteiger partial charge is 0.380 e. The molecule has 0 atom stereocenters. The van der Waals surface area contributed by atoms with E-state index in [2.05, 4.69) is 30.4 Å². The monoisotopic (exact) mass is 273 g/mol. The zero-order valence-corrected chi connectivity index (χ0v) is 11.4. The molecule has 3 rings (SSSR count). The van der Waals surface area contributed by atoms with Gasteiger partial charge < -0.3 is 5.32 Å². The van der Waals surface area contributed by atoms with E-state index in [1.165, 1.54) is 17.2 Å².